The molecule has 0 aliphatic carbocycles. The lowest BCUT2D eigenvalue weighted by molar-refractivity contribution is -0.132. The number of carbonyl (C=O) groups excluding carboxylic acids is 1. The average Bonchev–Trinajstić information content (AvgIpc) is 2.76. The second-order valence-electron chi connectivity index (χ2n) is 4.46. The van der Waals surface area contributed by atoms with Crippen LogP contribution in [0, 0.1) is 0 Å². The predicted molar refractivity (Wildman–Crippen MR) is 65.6 cm³/mol. The number of aliphatic hydroxyl groups excluding tert-OH is 1. The fourth-order valence-electron chi connectivity index (χ4n) is 2.13. The van der Waals surface area contributed by atoms with E-state index < -0.39 is 6.10 Å². The van der Waals surface area contributed by atoms with E-state index in [1.54, 1.807) is 11.9 Å². The van der Waals surface area contributed by atoms with Crippen molar-refractivity contribution in [3.8, 4) is 0 Å². The van der Waals surface area contributed by atoms with Crippen molar-refractivity contribution in [2.24, 2.45) is 0 Å². The van der Waals surface area contributed by atoms with Crippen LogP contribution >= 0.6 is 0 Å². The summed E-state index contributed by atoms with van der Waals surface area (Å²) in [5.41, 5.74) is 1.00. The quantitative estimate of drug-likeness (QED) is 0.775. The van der Waals surface area contributed by atoms with Gasteiger partial charge in [-0.25, -0.2) is 0 Å². The van der Waals surface area contributed by atoms with Crippen LogP contribution in [0.1, 0.15) is 5.56 Å². The van der Waals surface area contributed by atoms with Crippen molar-refractivity contribution in [1.82, 2.24) is 10.2 Å². The zero-order valence-electron chi connectivity index (χ0n) is 9.97. The predicted octanol–water partition coefficient (Wildman–Crippen LogP) is 0.0202. The van der Waals surface area contributed by atoms with Crippen molar-refractivity contribution in [3.63, 3.8) is 0 Å². The van der Waals surface area contributed by atoms with E-state index in [-0.39, 0.29) is 11.9 Å². The van der Waals surface area contributed by atoms with Gasteiger partial charge >= 0.3 is 0 Å². The van der Waals surface area contributed by atoms with Crippen LogP contribution in [0.15, 0.2) is 30.3 Å². The summed E-state index contributed by atoms with van der Waals surface area (Å²) < 4.78 is 0. The molecule has 0 bridgehead atoms. The fourth-order valence-corrected chi connectivity index (χ4v) is 2.13. The number of likely N-dealkylation sites (N-methyl/N-ethyl adjacent to an activating group) is 1. The molecule has 1 aromatic rings. The van der Waals surface area contributed by atoms with Gasteiger partial charge in [0.25, 0.3) is 0 Å². The highest BCUT2D eigenvalue weighted by Crippen LogP contribution is 2.10. The minimum absolute atomic E-state index is 0.0453. The van der Waals surface area contributed by atoms with E-state index >= 15 is 0 Å². The van der Waals surface area contributed by atoms with E-state index in [1.807, 2.05) is 30.3 Å². The maximum absolute atomic E-state index is 12.0. The monoisotopic (exact) mass is 234 g/mol. The molecule has 17 heavy (non-hydrogen) atoms. The van der Waals surface area contributed by atoms with Gasteiger partial charge in [-0.15, -0.1) is 0 Å². The summed E-state index contributed by atoms with van der Waals surface area (Å²) in [6.45, 7) is 1.23. The van der Waals surface area contributed by atoms with Crippen LogP contribution in [0.3, 0.4) is 0 Å². The summed E-state index contributed by atoms with van der Waals surface area (Å²) in [5, 5.41) is 12.8. The lowest BCUT2D eigenvalue weighted by atomic mass is 10.1. The van der Waals surface area contributed by atoms with Crippen molar-refractivity contribution in [2.45, 2.75) is 18.6 Å². The van der Waals surface area contributed by atoms with Crippen LogP contribution < -0.4 is 5.32 Å². The minimum Gasteiger partial charge on any atom is -0.390 e. The van der Waals surface area contributed by atoms with Crippen molar-refractivity contribution < 1.29 is 9.90 Å². The molecule has 1 heterocycles. The SMILES string of the molecule is CN(C(=O)Cc1ccccc1)[C@H]1CNC[C@@H]1O. The van der Waals surface area contributed by atoms with E-state index in [9.17, 15) is 9.90 Å². The molecule has 1 aliphatic rings. The van der Waals surface area contributed by atoms with Crippen molar-refractivity contribution in [1.29, 1.82) is 0 Å². The van der Waals surface area contributed by atoms with Crippen molar-refractivity contribution in [2.75, 3.05) is 20.1 Å². The number of hydrogen-bond donors (Lipinski definition) is 2. The molecule has 0 radical (unpaired) electrons. The molecule has 0 aromatic heterocycles. The number of amides is 1. The highest BCUT2D eigenvalue weighted by Gasteiger charge is 2.30. The van der Waals surface area contributed by atoms with Crippen LogP contribution in [0.2, 0.25) is 0 Å². The molecule has 0 spiro atoms. The van der Waals surface area contributed by atoms with Gasteiger partial charge in [-0.3, -0.25) is 4.79 Å². The Kier molecular flexibility index (Phi) is 3.76. The maximum atomic E-state index is 12.0. The third kappa shape index (κ3) is 2.84. The molecule has 4 nitrogen and oxygen atoms in total. The second kappa shape index (κ2) is 5.29. The van der Waals surface area contributed by atoms with Crippen LogP contribution in [-0.2, 0) is 11.2 Å². The van der Waals surface area contributed by atoms with Gasteiger partial charge in [0, 0.05) is 20.1 Å². The first kappa shape index (κ1) is 12.1. The molecule has 1 amide bonds. The molecule has 1 aromatic carbocycles. The number of nitrogens with one attached hydrogen (secondary N) is 1. The largest absolute Gasteiger partial charge is 0.390 e. The molecule has 0 saturated carbocycles. The van der Waals surface area contributed by atoms with Gasteiger partial charge in [0.15, 0.2) is 0 Å². The van der Waals surface area contributed by atoms with Gasteiger partial charge in [0.05, 0.1) is 18.6 Å². The molecular weight excluding hydrogens is 216 g/mol. The maximum Gasteiger partial charge on any atom is 0.227 e. The summed E-state index contributed by atoms with van der Waals surface area (Å²) in [7, 11) is 1.76. The van der Waals surface area contributed by atoms with Gasteiger partial charge < -0.3 is 15.3 Å². The Balaban J connectivity index is 1.96. The van der Waals surface area contributed by atoms with Crippen LogP contribution in [0.4, 0.5) is 0 Å². The molecule has 2 atom stereocenters. The minimum atomic E-state index is -0.459. The first-order valence-corrected chi connectivity index (χ1v) is 5.87. The first-order valence-electron chi connectivity index (χ1n) is 5.87. The van der Waals surface area contributed by atoms with Gasteiger partial charge in [-0.05, 0) is 5.56 Å². The number of β-amino-alcohol motifs (C(OH)–C–C–N with tert-alkyl or cyclic N) is 1. The van der Waals surface area contributed by atoms with Crippen molar-refractivity contribution in [3.05, 3.63) is 35.9 Å². The highest BCUT2D eigenvalue weighted by atomic mass is 16.3. The molecular formula is C13H18N2O2. The van der Waals surface area contributed by atoms with Crippen LogP contribution in [0.5, 0.6) is 0 Å². The molecule has 0 unspecified atom stereocenters. The Morgan fingerprint density at radius 2 is 2.12 bits per heavy atom. The fraction of sp³-hybridized carbons (Fsp3) is 0.462. The Hall–Kier alpha value is -1.39. The van der Waals surface area contributed by atoms with Gasteiger partial charge in [-0.2, -0.15) is 0 Å². The number of hydrogen-bond acceptors (Lipinski definition) is 3. The van der Waals surface area contributed by atoms with E-state index in [2.05, 4.69) is 5.32 Å². The normalized spacial score (nSPS) is 23.6. The molecule has 2 N–H and O–H groups in total. The number of benzene rings is 1. The van der Waals surface area contributed by atoms with E-state index in [1.165, 1.54) is 0 Å². The first-order chi connectivity index (χ1) is 8.18. The smallest absolute Gasteiger partial charge is 0.227 e. The molecule has 1 aliphatic heterocycles. The lowest BCUT2D eigenvalue weighted by Gasteiger charge is -2.26. The number of aliphatic hydroxyl groups is 1. The second-order valence-corrected chi connectivity index (χ2v) is 4.46. The van der Waals surface area contributed by atoms with E-state index in [4.69, 9.17) is 0 Å². The molecule has 2 rings (SSSR count). The molecule has 1 fully saturated rings. The van der Waals surface area contributed by atoms with E-state index in [0.29, 0.717) is 19.5 Å². The molecule has 92 valence electrons. The zero-order chi connectivity index (χ0) is 12.3. The third-order valence-electron chi connectivity index (χ3n) is 3.24. The topological polar surface area (TPSA) is 52.6 Å². The summed E-state index contributed by atoms with van der Waals surface area (Å²) in [5.74, 6) is 0.0453. The van der Waals surface area contributed by atoms with Crippen LogP contribution in [0.25, 0.3) is 0 Å². The van der Waals surface area contributed by atoms with E-state index in [0.717, 1.165) is 5.56 Å². The third-order valence-corrected chi connectivity index (χ3v) is 3.24. The standard InChI is InChI=1S/C13H18N2O2/c1-15(11-8-14-9-12(11)16)13(17)7-10-5-3-2-4-6-10/h2-6,11-12,14,16H,7-9H2,1H3/t11-,12-/m0/s1. The van der Waals surface area contributed by atoms with Crippen molar-refractivity contribution >= 4 is 5.91 Å². The van der Waals surface area contributed by atoms with Gasteiger partial charge in [0.2, 0.25) is 5.91 Å². The summed E-state index contributed by atoms with van der Waals surface area (Å²) in [4.78, 5) is 13.7. The highest BCUT2D eigenvalue weighted by molar-refractivity contribution is 5.79. The Morgan fingerprint density at radius 3 is 2.71 bits per heavy atom. The average molecular weight is 234 g/mol. The Labute approximate surface area is 101 Å². The summed E-state index contributed by atoms with van der Waals surface area (Å²) in [6, 6.07) is 9.56. The van der Waals surface area contributed by atoms with Crippen LogP contribution in [-0.4, -0.2) is 48.2 Å². The molecule has 1 saturated heterocycles. The van der Waals surface area contributed by atoms with Gasteiger partial charge in [-0.1, -0.05) is 30.3 Å². The summed E-state index contributed by atoms with van der Waals surface area (Å²) >= 11 is 0. The number of carbonyl (C=O) groups is 1. The summed E-state index contributed by atoms with van der Waals surface area (Å²) in [6.07, 6.45) is -0.0691. The molecule has 4 heteroatoms. The Bertz CT molecular complexity index is 380. The number of rotatable bonds is 3. The number of nitrogens with zero attached hydrogens (tertiary/aromatic N) is 1. The lowest BCUT2D eigenvalue weighted by Crippen LogP contribution is -2.44. The zero-order valence-corrected chi connectivity index (χ0v) is 9.97. The Morgan fingerprint density at radius 1 is 1.41 bits per heavy atom. The van der Waals surface area contributed by atoms with Gasteiger partial charge in [0.1, 0.15) is 0 Å².